The maximum absolute atomic E-state index is 8.95. The lowest BCUT2D eigenvalue weighted by Gasteiger charge is -2.05. The largest absolute Gasteiger partial charge is 0.456 e. The molecule has 0 aromatic carbocycles. The highest BCUT2D eigenvalue weighted by Crippen LogP contribution is 2.37. The Kier molecular flexibility index (Phi) is 6.26. The summed E-state index contributed by atoms with van der Waals surface area (Å²) in [6.45, 7) is 17.9. The molecule has 0 saturated heterocycles. The van der Waals surface area contributed by atoms with Crippen molar-refractivity contribution in [1.82, 2.24) is 4.57 Å². The van der Waals surface area contributed by atoms with Crippen molar-refractivity contribution in [1.29, 1.82) is 10.5 Å². The normalized spacial score (nSPS) is 11.7. The quantitative estimate of drug-likeness (QED) is 0.276. The van der Waals surface area contributed by atoms with Crippen molar-refractivity contribution in [2.75, 3.05) is 0 Å². The second kappa shape index (κ2) is 9.23. The Balaban J connectivity index is 1.98. The Morgan fingerprint density at radius 3 is 1.97 bits per heavy atom. The molecule has 3 heterocycles. The van der Waals surface area contributed by atoms with Crippen molar-refractivity contribution in [3.8, 4) is 35.0 Å². The average Bonchev–Trinajstić information content (AvgIpc) is 3.49. The summed E-state index contributed by atoms with van der Waals surface area (Å²) in [6, 6.07) is 10.8. The van der Waals surface area contributed by atoms with Crippen LogP contribution in [0.15, 0.2) is 56.6 Å². The van der Waals surface area contributed by atoms with E-state index in [1.54, 1.807) is 24.3 Å². The van der Waals surface area contributed by atoms with Crippen LogP contribution in [0.1, 0.15) is 22.6 Å². The Morgan fingerprint density at radius 2 is 1.44 bits per heavy atom. The lowest BCUT2D eigenvalue weighted by molar-refractivity contribution is 0.560. The van der Waals surface area contributed by atoms with Gasteiger partial charge < -0.3 is 13.4 Å². The molecule has 0 spiro atoms. The number of aromatic nitrogens is 1. The van der Waals surface area contributed by atoms with Crippen molar-refractivity contribution in [2.45, 2.75) is 13.8 Å². The average molecular weight is 419 g/mol. The van der Waals surface area contributed by atoms with E-state index < -0.39 is 0 Å². The summed E-state index contributed by atoms with van der Waals surface area (Å²) in [5.74, 6) is 2.31. The van der Waals surface area contributed by atoms with Gasteiger partial charge in [-0.1, -0.05) is 6.08 Å². The number of hydrogen-bond donors (Lipinski definition) is 0. The van der Waals surface area contributed by atoms with E-state index in [4.69, 9.17) is 32.5 Å². The Bertz CT molecular complexity index is 1410. The zero-order valence-corrected chi connectivity index (χ0v) is 17.7. The van der Waals surface area contributed by atoms with Crippen molar-refractivity contribution < 1.29 is 8.83 Å². The molecule has 0 amide bonds. The van der Waals surface area contributed by atoms with E-state index in [1.165, 1.54) is 12.2 Å². The minimum atomic E-state index is -0.0457. The molecule has 3 rings (SSSR count). The van der Waals surface area contributed by atoms with E-state index in [9.17, 15) is 0 Å². The third-order valence-electron chi connectivity index (χ3n) is 4.93. The predicted octanol–water partition coefficient (Wildman–Crippen LogP) is 6.29. The molecule has 7 nitrogen and oxygen atoms in total. The minimum absolute atomic E-state index is 0.00229. The van der Waals surface area contributed by atoms with Gasteiger partial charge in [-0.05, 0) is 67.5 Å². The second-order valence-electron chi connectivity index (χ2n) is 6.80. The van der Waals surface area contributed by atoms with Gasteiger partial charge in [0.1, 0.15) is 11.5 Å². The van der Waals surface area contributed by atoms with E-state index in [1.807, 2.05) is 49.7 Å². The van der Waals surface area contributed by atoms with Gasteiger partial charge in [-0.15, -0.1) is 0 Å². The maximum Gasteiger partial charge on any atom is 0.265 e. The molecule has 32 heavy (non-hydrogen) atoms. The van der Waals surface area contributed by atoms with Gasteiger partial charge in [0.15, 0.2) is 11.5 Å². The van der Waals surface area contributed by atoms with Gasteiger partial charge in [-0.25, -0.2) is 20.2 Å². The first-order valence-corrected chi connectivity index (χ1v) is 9.45. The molecule has 3 aromatic rings. The Hall–Kier alpha value is -4.98. The molecule has 0 radical (unpaired) electrons. The summed E-state index contributed by atoms with van der Waals surface area (Å²) in [6.07, 6.45) is 6.13. The number of allylic oxidation sites excluding steroid dienone is 4. The fraction of sp³-hybridized carbons (Fsp3) is 0.120. The highest BCUT2D eigenvalue weighted by Gasteiger charge is 2.21. The third-order valence-corrected chi connectivity index (χ3v) is 4.93. The highest BCUT2D eigenvalue weighted by atomic mass is 16.3. The first-order valence-electron chi connectivity index (χ1n) is 9.45. The molecule has 7 heteroatoms. The van der Waals surface area contributed by atoms with Crippen LogP contribution in [0.3, 0.4) is 0 Å². The fourth-order valence-corrected chi connectivity index (χ4v) is 3.36. The van der Waals surface area contributed by atoms with Crippen molar-refractivity contribution in [3.05, 3.63) is 93.3 Å². The van der Waals surface area contributed by atoms with Crippen LogP contribution in [-0.4, -0.2) is 4.57 Å². The number of nitrogens with zero attached hydrogens (tertiary/aromatic N) is 5. The Labute approximate surface area is 185 Å². The number of nitriles is 2. The molecule has 0 aliphatic rings. The smallest absolute Gasteiger partial charge is 0.265 e. The van der Waals surface area contributed by atoms with E-state index in [0.29, 0.717) is 23.0 Å². The van der Waals surface area contributed by atoms with Gasteiger partial charge in [0.05, 0.1) is 36.7 Å². The molecule has 0 fully saturated rings. The molecule has 0 aliphatic carbocycles. The van der Waals surface area contributed by atoms with Crippen molar-refractivity contribution >= 4 is 12.2 Å². The first kappa shape index (κ1) is 21.7. The van der Waals surface area contributed by atoms with Crippen molar-refractivity contribution in [2.24, 2.45) is 7.05 Å². The Morgan fingerprint density at radius 1 is 0.906 bits per heavy atom. The third kappa shape index (κ3) is 4.14. The molecule has 154 valence electrons. The monoisotopic (exact) mass is 419 g/mol. The standard InChI is InChI=1S/C25H17N5O2/c1-16-17(2)25(23-12-10-21(32-23)13-19(15-27)29-4)30(5)24(16)22-11-9-20(31-22)8-6-7-18(14-26)28-3/h6-13H,1-2,5H3/b8-6+,18-7-,19-13+. The lowest BCUT2D eigenvalue weighted by Crippen LogP contribution is -1.94. The van der Waals surface area contributed by atoms with Gasteiger partial charge in [-0.3, -0.25) is 0 Å². The van der Waals surface area contributed by atoms with E-state index in [2.05, 4.69) is 9.69 Å². The van der Waals surface area contributed by atoms with E-state index >= 15 is 0 Å². The predicted molar refractivity (Wildman–Crippen MR) is 120 cm³/mol. The molecule has 0 aliphatic heterocycles. The zero-order valence-electron chi connectivity index (χ0n) is 17.7. The summed E-state index contributed by atoms with van der Waals surface area (Å²) < 4.78 is 13.8. The van der Waals surface area contributed by atoms with Crippen LogP contribution in [0, 0.1) is 49.7 Å². The minimum Gasteiger partial charge on any atom is -0.456 e. The number of hydrogen-bond acceptors (Lipinski definition) is 4. The maximum atomic E-state index is 8.95. The molecule has 3 aromatic heterocycles. The summed E-state index contributed by atoms with van der Waals surface area (Å²) in [5.41, 5.74) is 3.75. The summed E-state index contributed by atoms with van der Waals surface area (Å²) >= 11 is 0. The van der Waals surface area contributed by atoms with Crippen LogP contribution in [0.4, 0.5) is 0 Å². The van der Waals surface area contributed by atoms with Gasteiger partial charge in [0, 0.05) is 7.05 Å². The van der Waals surface area contributed by atoms with Crippen LogP contribution in [0.25, 0.3) is 44.8 Å². The molecule has 0 N–H and O–H groups in total. The van der Waals surface area contributed by atoms with Gasteiger partial charge >= 0.3 is 0 Å². The zero-order chi connectivity index (χ0) is 23.3. The van der Waals surface area contributed by atoms with Crippen LogP contribution in [0.5, 0.6) is 0 Å². The van der Waals surface area contributed by atoms with Gasteiger partial charge in [0.25, 0.3) is 11.4 Å². The molecular weight excluding hydrogens is 402 g/mol. The van der Waals surface area contributed by atoms with E-state index in [0.717, 1.165) is 22.5 Å². The fourth-order valence-electron chi connectivity index (χ4n) is 3.36. The first-order chi connectivity index (χ1) is 15.4. The highest BCUT2D eigenvalue weighted by molar-refractivity contribution is 5.73. The molecular formula is C25H17N5O2. The summed E-state index contributed by atoms with van der Waals surface area (Å²) in [5, 5.41) is 17.7. The topological polar surface area (TPSA) is 87.5 Å². The second-order valence-corrected chi connectivity index (χ2v) is 6.80. The number of furan rings is 2. The van der Waals surface area contributed by atoms with Gasteiger partial charge in [0.2, 0.25) is 0 Å². The molecule has 0 bridgehead atoms. The van der Waals surface area contributed by atoms with E-state index in [-0.39, 0.29) is 11.4 Å². The molecule has 0 unspecified atom stereocenters. The number of rotatable bonds is 5. The van der Waals surface area contributed by atoms with Crippen LogP contribution < -0.4 is 0 Å². The molecule has 0 atom stereocenters. The summed E-state index contributed by atoms with van der Waals surface area (Å²) in [7, 11) is 1.91. The SMILES string of the molecule is [C-]#[N+]/C(C#N)=C\C=C\c1ccc(-c2c(C)c(C)c(-c3ccc(/C=C(\C#N)[N+]#[C-])o3)n2C)o1. The van der Waals surface area contributed by atoms with Crippen LogP contribution >= 0.6 is 0 Å². The van der Waals surface area contributed by atoms with Gasteiger partial charge in [-0.2, -0.15) is 0 Å². The lowest BCUT2D eigenvalue weighted by atomic mass is 10.1. The van der Waals surface area contributed by atoms with Crippen molar-refractivity contribution in [3.63, 3.8) is 0 Å². The van der Waals surface area contributed by atoms with Crippen LogP contribution in [-0.2, 0) is 7.05 Å². The summed E-state index contributed by atoms with van der Waals surface area (Å²) in [4.78, 5) is 6.26. The molecule has 0 saturated carbocycles. The van der Waals surface area contributed by atoms with Crippen LogP contribution in [0.2, 0.25) is 0 Å².